The standard InChI is InChI=1S/C7H7N3O3/c11-9-5-8-6-1-3-7(4-2-6)10(12)13/h1-4,8H,5H2. The Morgan fingerprint density at radius 3 is 2.46 bits per heavy atom. The van der Waals surface area contributed by atoms with Gasteiger partial charge in [0.05, 0.1) is 4.92 Å². The van der Waals surface area contributed by atoms with E-state index in [0.29, 0.717) is 5.69 Å². The molecule has 0 spiro atoms. The van der Waals surface area contributed by atoms with E-state index in [0.717, 1.165) is 0 Å². The van der Waals surface area contributed by atoms with Crippen molar-refractivity contribution in [2.75, 3.05) is 12.0 Å². The van der Waals surface area contributed by atoms with E-state index >= 15 is 0 Å². The number of nitrogens with one attached hydrogen (secondary N) is 1. The number of anilines is 1. The van der Waals surface area contributed by atoms with Crippen LogP contribution in [0.3, 0.4) is 0 Å². The highest BCUT2D eigenvalue weighted by Gasteiger charge is 2.02. The van der Waals surface area contributed by atoms with Gasteiger partial charge < -0.3 is 5.32 Å². The van der Waals surface area contributed by atoms with Crippen molar-refractivity contribution in [1.82, 2.24) is 0 Å². The molecule has 6 heteroatoms. The maximum Gasteiger partial charge on any atom is 0.269 e. The molecule has 0 fully saturated rings. The predicted octanol–water partition coefficient (Wildman–Crippen LogP) is 1.73. The number of nitro groups is 1. The maximum absolute atomic E-state index is 10.2. The summed E-state index contributed by atoms with van der Waals surface area (Å²) in [7, 11) is 0. The van der Waals surface area contributed by atoms with Gasteiger partial charge in [0, 0.05) is 17.8 Å². The van der Waals surface area contributed by atoms with Gasteiger partial charge in [-0.05, 0) is 17.3 Å². The second-order valence-electron chi connectivity index (χ2n) is 2.27. The molecule has 0 unspecified atom stereocenters. The molecule has 0 saturated carbocycles. The number of hydrogen-bond donors (Lipinski definition) is 1. The van der Waals surface area contributed by atoms with Crippen molar-refractivity contribution in [2.45, 2.75) is 0 Å². The van der Waals surface area contributed by atoms with Crippen LogP contribution in [0.4, 0.5) is 11.4 Å². The lowest BCUT2D eigenvalue weighted by molar-refractivity contribution is -0.384. The Morgan fingerprint density at radius 2 is 2.00 bits per heavy atom. The largest absolute Gasteiger partial charge is 0.363 e. The van der Waals surface area contributed by atoms with Gasteiger partial charge in [-0.3, -0.25) is 10.1 Å². The smallest absolute Gasteiger partial charge is 0.269 e. The molecular weight excluding hydrogens is 174 g/mol. The van der Waals surface area contributed by atoms with Gasteiger partial charge in [-0.25, -0.2) is 0 Å². The summed E-state index contributed by atoms with van der Waals surface area (Å²) in [5.41, 5.74) is 0.648. The van der Waals surface area contributed by atoms with Gasteiger partial charge in [0.2, 0.25) is 0 Å². The molecule has 0 aliphatic carbocycles. The monoisotopic (exact) mass is 181 g/mol. The first-order valence-electron chi connectivity index (χ1n) is 3.51. The second kappa shape index (κ2) is 4.15. The van der Waals surface area contributed by atoms with Gasteiger partial charge in [0.15, 0.2) is 0 Å². The lowest BCUT2D eigenvalue weighted by atomic mass is 10.3. The molecule has 0 aliphatic rings. The molecular formula is C7H7N3O3. The average molecular weight is 181 g/mol. The fourth-order valence-corrected chi connectivity index (χ4v) is 0.825. The topological polar surface area (TPSA) is 84.6 Å². The summed E-state index contributed by atoms with van der Waals surface area (Å²) in [6.07, 6.45) is 0. The minimum Gasteiger partial charge on any atom is -0.363 e. The number of non-ortho nitro benzene ring substituents is 1. The molecule has 6 nitrogen and oxygen atoms in total. The minimum absolute atomic E-state index is 0.0182. The summed E-state index contributed by atoms with van der Waals surface area (Å²) < 4.78 is 0. The summed E-state index contributed by atoms with van der Waals surface area (Å²) in [4.78, 5) is 19.5. The highest BCUT2D eigenvalue weighted by atomic mass is 16.6. The van der Waals surface area contributed by atoms with E-state index < -0.39 is 4.92 Å². The van der Waals surface area contributed by atoms with Crippen LogP contribution >= 0.6 is 0 Å². The van der Waals surface area contributed by atoms with Crippen LogP contribution in [0.25, 0.3) is 0 Å². The molecule has 0 amide bonds. The highest BCUT2D eigenvalue weighted by molar-refractivity contribution is 5.48. The molecule has 0 heterocycles. The number of hydrogen-bond acceptors (Lipinski definition) is 5. The van der Waals surface area contributed by atoms with Crippen LogP contribution in [0.2, 0.25) is 0 Å². The highest BCUT2D eigenvalue weighted by Crippen LogP contribution is 2.14. The third-order valence-electron chi connectivity index (χ3n) is 1.43. The van der Waals surface area contributed by atoms with Crippen molar-refractivity contribution in [3.63, 3.8) is 0 Å². The summed E-state index contributed by atoms with van der Waals surface area (Å²) >= 11 is 0. The van der Waals surface area contributed by atoms with E-state index in [-0.39, 0.29) is 12.4 Å². The quantitative estimate of drug-likeness (QED) is 0.435. The molecule has 0 aromatic heterocycles. The molecule has 68 valence electrons. The van der Waals surface area contributed by atoms with Crippen LogP contribution in [0.15, 0.2) is 29.4 Å². The fraction of sp³-hybridized carbons (Fsp3) is 0.143. The van der Waals surface area contributed by atoms with Crippen molar-refractivity contribution in [3.8, 4) is 0 Å². The molecule has 1 rings (SSSR count). The Balaban J connectivity index is 2.69. The molecule has 0 saturated heterocycles. The summed E-state index contributed by atoms with van der Waals surface area (Å²) in [6, 6.07) is 5.74. The average Bonchev–Trinajstić information content (AvgIpc) is 2.15. The molecule has 0 aliphatic heterocycles. The van der Waals surface area contributed by atoms with Crippen molar-refractivity contribution in [1.29, 1.82) is 0 Å². The maximum atomic E-state index is 10.2. The third-order valence-corrected chi connectivity index (χ3v) is 1.43. The predicted molar refractivity (Wildman–Crippen MR) is 47.4 cm³/mol. The number of nitroso groups, excluding NO2 is 1. The zero-order chi connectivity index (χ0) is 9.68. The van der Waals surface area contributed by atoms with E-state index in [4.69, 9.17) is 0 Å². The molecule has 0 bridgehead atoms. The fourth-order valence-electron chi connectivity index (χ4n) is 0.825. The summed E-state index contributed by atoms with van der Waals surface area (Å²) in [6.45, 7) is -0.0438. The summed E-state index contributed by atoms with van der Waals surface area (Å²) in [5, 5.41) is 15.5. The van der Waals surface area contributed by atoms with Crippen LogP contribution in [0, 0.1) is 15.0 Å². The second-order valence-corrected chi connectivity index (χ2v) is 2.27. The summed E-state index contributed by atoms with van der Waals surface area (Å²) in [5.74, 6) is 0. The van der Waals surface area contributed by atoms with Crippen molar-refractivity contribution in [2.24, 2.45) is 5.18 Å². The van der Waals surface area contributed by atoms with E-state index in [1.54, 1.807) is 0 Å². The van der Waals surface area contributed by atoms with Gasteiger partial charge >= 0.3 is 0 Å². The molecule has 1 N–H and O–H groups in total. The lowest BCUT2D eigenvalue weighted by Gasteiger charge is -1.99. The number of rotatable bonds is 4. The Labute approximate surface area is 73.7 Å². The Morgan fingerprint density at radius 1 is 1.38 bits per heavy atom. The molecule has 13 heavy (non-hydrogen) atoms. The van der Waals surface area contributed by atoms with Gasteiger partial charge in [0.25, 0.3) is 5.69 Å². The first-order valence-corrected chi connectivity index (χ1v) is 3.51. The van der Waals surface area contributed by atoms with Crippen LogP contribution < -0.4 is 5.32 Å². The van der Waals surface area contributed by atoms with E-state index in [9.17, 15) is 15.0 Å². The van der Waals surface area contributed by atoms with E-state index in [1.165, 1.54) is 24.3 Å². The Kier molecular flexibility index (Phi) is 2.91. The van der Waals surface area contributed by atoms with Crippen molar-refractivity contribution >= 4 is 11.4 Å². The van der Waals surface area contributed by atoms with Crippen LogP contribution in [-0.2, 0) is 0 Å². The van der Waals surface area contributed by atoms with Crippen molar-refractivity contribution in [3.05, 3.63) is 39.3 Å². The van der Waals surface area contributed by atoms with Crippen LogP contribution in [0.5, 0.6) is 0 Å². The zero-order valence-electron chi connectivity index (χ0n) is 6.64. The Bertz CT molecular complexity index is 309. The van der Waals surface area contributed by atoms with E-state index in [2.05, 4.69) is 10.5 Å². The molecule has 1 aromatic rings. The Hall–Kier alpha value is -1.98. The van der Waals surface area contributed by atoms with Gasteiger partial charge in [0.1, 0.15) is 6.67 Å². The van der Waals surface area contributed by atoms with Gasteiger partial charge in [-0.1, -0.05) is 0 Å². The van der Waals surface area contributed by atoms with Gasteiger partial charge in [-0.15, -0.1) is 4.91 Å². The van der Waals surface area contributed by atoms with Crippen LogP contribution in [0.1, 0.15) is 0 Å². The molecule has 0 radical (unpaired) electrons. The van der Waals surface area contributed by atoms with Gasteiger partial charge in [-0.2, -0.15) is 0 Å². The normalized spacial score (nSPS) is 9.23. The third kappa shape index (κ3) is 2.51. The first-order chi connectivity index (χ1) is 6.24. The number of nitro benzene ring substituents is 1. The first kappa shape index (κ1) is 9.11. The van der Waals surface area contributed by atoms with Crippen molar-refractivity contribution < 1.29 is 4.92 Å². The molecule has 0 atom stereocenters. The minimum atomic E-state index is -0.484. The number of benzene rings is 1. The molecule has 1 aromatic carbocycles. The zero-order valence-corrected chi connectivity index (χ0v) is 6.64. The number of nitrogens with zero attached hydrogens (tertiary/aromatic N) is 2. The van der Waals surface area contributed by atoms with E-state index in [1.807, 2.05) is 0 Å². The lowest BCUT2D eigenvalue weighted by Crippen LogP contribution is -1.97. The van der Waals surface area contributed by atoms with Crippen LogP contribution in [-0.4, -0.2) is 11.6 Å². The SMILES string of the molecule is O=NCNc1ccc([N+](=O)[O-])cc1.